The maximum atomic E-state index is 11.6. The Balaban J connectivity index is 1.57. The van der Waals surface area contributed by atoms with E-state index in [1.54, 1.807) is 6.07 Å². The molecule has 1 saturated carbocycles. The molecule has 1 aromatic rings. The van der Waals surface area contributed by atoms with E-state index in [0.717, 1.165) is 12.8 Å². The van der Waals surface area contributed by atoms with E-state index in [1.165, 1.54) is 0 Å². The fraction of sp³-hybridized carbons (Fsp3) is 0.500. The third kappa shape index (κ3) is 7.42. The van der Waals surface area contributed by atoms with Gasteiger partial charge in [-0.25, -0.2) is 4.79 Å². The molecule has 0 atom stereocenters. The minimum atomic E-state index is -0.654. The lowest BCUT2D eigenvalue weighted by Gasteiger charge is -2.11. The van der Waals surface area contributed by atoms with Crippen LogP contribution in [0.5, 0.6) is 11.5 Å². The molecule has 0 bridgehead atoms. The zero-order chi connectivity index (χ0) is 18.8. The maximum Gasteiger partial charge on any atom is 0.321 e. The van der Waals surface area contributed by atoms with E-state index in [4.69, 9.17) is 14.2 Å². The summed E-state index contributed by atoms with van der Waals surface area (Å²) < 4.78 is 15.9. The van der Waals surface area contributed by atoms with E-state index in [0.29, 0.717) is 31.1 Å². The van der Waals surface area contributed by atoms with Crippen molar-refractivity contribution >= 4 is 17.9 Å². The van der Waals surface area contributed by atoms with Gasteiger partial charge in [0.15, 0.2) is 18.1 Å². The van der Waals surface area contributed by atoms with Crippen molar-refractivity contribution in [3.63, 3.8) is 0 Å². The van der Waals surface area contributed by atoms with Gasteiger partial charge in [0.05, 0.1) is 13.2 Å². The molecular weight excluding hydrogens is 340 g/mol. The van der Waals surface area contributed by atoms with Crippen LogP contribution in [0.3, 0.4) is 0 Å². The Kier molecular flexibility index (Phi) is 7.73. The molecular formula is C18H24N2O6. The number of carbonyl (C=O) groups is 3. The van der Waals surface area contributed by atoms with Crippen LogP contribution in [0, 0.1) is 0 Å². The molecule has 142 valence electrons. The number of rotatable bonds is 10. The number of ether oxygens (including phenoxy) is 3. The predicted octanol–water partition coefficient (Wildman–Crippen LogP) is 1.78. The molecule has 0 unspecified atom stereocenters. The standard InChI is InChI=1S/C18H24N2O6/c1-2-24-14-6-3-4-7-15(14)25-11-5-8-17(22)26-12-16(21)20-18(23)19-13-9-10-13/h3-4,6-7,13H,2,5,8-12H2,1H3,(H2,19,20,21,23). The van der Waals surface area contributed by atoms with E-state index < -0.39 is 24.5 Å². The van der Waals surface area contributed by atoms with Crippen molar-refractivity contribution in [2.45, 2.75) is 38.6 Å². The Labute approximate surface area is 152 Å². The first kappa shape index (κ1) is 19.6. The van der Waals surface area contributed by atoms with Gasteiger partial charge < -0.3 is 19.5 Å². The number of imide groups is 1. The van der Waals surface area contributed by atoms with Gasteiger partial charge in [0.1, 0.15) is 0 Å². The van der Waals surface area contributed by atoms with Crippen LogP contribution in [0.1, 0.15) is 32.6 Å². The van der Waals surface area contributed by atoms with E-state index in [9.17, 15) is 14.4 Å². The van der Waals surface area contributed by atoms with Gasteiger partial charge in [0.2, 0.25) is 0 Å². The van der Waals surface area contributed by atoms with Crippen molar-refractivity contribution in [2.24, 2.45) is 0 Å². The third-order valence-corrected chi connectivity index (χ3v) is 3.46. The third-order valence-electron chi connectivity index (χ3n) is 3.46. The SMILES string of the molecule is CCOc1ccccc1OCCCC(=O)OCC(=O)NC(=O)NC1CC1. The van der Waals surface area contributed by atoms with Gasteiger partial charge in [-0.3, -0.25) is 14.9 Å². The molecule has 8 nitrogen and oxygen atoms in total. The van der Waals surface area contributed by atoms with Crippen LogP contribution in [0.15, 0.2) is 24.3 Å². The average Bonchev–Trinajstić information content (AvgIpc) is 3.42. The monoisotopic (exact) mass is 364 g/mol. The zero-order valence-corrected chi connectivity index (χ0v) is 14.8. The molecule has 0 saturated heterocycles. The molecule has 0 radical (unpaired) electrons. The minimum Gasteiger partial charge on any atom is -0.490 e. The minimum absolute atomic E-state index is 0.109. The van der Waals surface area contributed by atoms with Gasteiger partial charge in [-0.15, -0.1) is 0 Å². The molecule has 3 amide bonds. The fourth-order valence-electron chi connectivity index (χ4n) is 2.07. The zero-order valence-electron chi connectivity index (χ0n) is 14.8. The highest BCUT2D eigenvalue weighted by molar-refractivity contribution is 5.95. The van der Waals surface area contributed by atoms with E-state index in [2.05, 4.69) is 10.6 Å². The second-order valence-corrected chi connectivity index (χ2v) is 5.79. The van der Waals surface area contributed by atoms with Crippen LogP contribution in [0.25, 0.3) is 0 Å². The van der Waals surface area contributed by atoms with Crippen LogP contribution in [0.4, 0.5) is 4.79 Å². The van der Waals surface area contributed by atoms with Gasteiger partial charge >= 0.3 is 12.0 Å². The summed E-state index contributed by atoms with van der Waals surface area (Å²) in [5.74, 6) is 0.0883. The summed E-state index contributed by atoms with van der Waals surface area (Å²) in [4.78, 5) is 34.5. The first-order chi connectivity index (χ1) is 12.6. The van der Waals surface area contributed by atoms with Gasteiger partial charge in [-0.05, 0) is 38.3 Å². The van der Waals surface area contributed by atoms with E-state index in [1.807, 2.05) is 25.1 Å². The van der Waals surface area contributed by atoms with Crippen molar-refractivity contribution in [1.82, 2.24) is 10.6 Å². The molecule has 0 spiro atoms. The Morgan fingerprint density at radius 2 is 1.81 bits per heavy atom. The summed E-state index contributed by atoms with van der Waals surface area (Å²) in [6.45, 7) is 2.26. The Morgan fingerprint density at radius 1 is 1.12 bits per heavy atom. The molecule has 1 aliphatic rings. The number of hydrogen-bond donors (Lipinski definition) is 2. The summed E-state index contributed by atoms with van der Waals surface area (Å²) in [5.41, 5.74) is 0. The van der Waals surface area contributed by atoms with Gasteiger partial charge in [-0.1, -0.05) is 12.1 Å². The Hall–Kier alpha value is -2.77. The molecule has 0 heterocycles. The fourth-order valence-corrected chi connectivity index (χ4v) is 2.07. The molecule has 26 heavy (non-hydrogen) atoms. The number of hydrogen-bond acceptors (Lipinski definition) is 6. The van der Waals surface area contributed by atoms with Crippen molar-refractivity contribution in [1.29, 1.82) is 0 Å². The number of benzene rings is 1. The summed E-state index contributed by atoms with van der Waals surface area (Å²) in [6, 6.07) is 6.88. The van der Waals surface area contributed by atoms with E-state index >= 15 is 0 Å². The van der Waals surface area contributed by atoms with Gasteiger partial charge in [0.25, 0.3) is 5.91 Å². The normalized spacial score (nSPS) is 12.8. The topological polar surface area (TPSA) is 103 Å². The number of amides is 3. The second-order valence-electron chi connectivity index (χ2n) is 5.79. The Morgan fingerprint density at radius 3 is 2.46 bits per heavy atom. The second kappa shape index (κ2) is 10.3. The molecule has 0 aliphatic heterocycles. The number of nitrogens with one attached hydrogen (secondary N) is 2. The highest BCUT2D eigenvalue weighted by Crippen LogP contribution is 2.26. The Bertz CT molecular complexity index is 630. The van der Waals surface area contributed by atoms with Crippen molar-refractivity contribution in [3.05, 3.63) is 24.3 Å². The smallest absolute Gasteiger partial charge is 0.321 e. The van der Waals surface area contributed by atoms with Crippen molar-refractivity contribution in [3.8, 4) is 11.5 Å². The molecule has 2 N–H and O–H groups in total. The first-order valence-corrected chi connectivity index (χ1v) is 8.69. The average molecular weight is 364 g/mol. The van der Waals surface area contributed by atoms with Crippen LogP contribution >= 0.6 is 0 Å². The quantitative estimate of drug-likeness (QED) is 0.484. The lowest BCUT2D eigenvalue weighted by molar-refractivity contribution is -0.148. The van der Waals surface area contributed by atoms with Crippen LogP contribution in [-0.4, -0.2) is 43.8 Å². The largest absolute Gasteiger partial charge is 0.490 e. The lowest BCUT2D eigenvalue weighted by Crippen LogP contribution is -2.42. The molecule has 1 aliphatic carbocycles. The number of carbonyl (C=O) groups excluding carboxylic acids is 3. The predicted molar refractivity (Wildman–Crippen MR) is 93.0 cm³/mol. The lowest BCUT2D eigenvalue weighted by atomic mass is 10.3. The van der Waals surface area contributed by atoms with Crippen molar-refractivity contribution in [2.75, 3.05) is 19.8 Å². The van der Waals surface area contributed by atoms with Gasteiger partial charge in [-0.2, -0.15) is 0 Å². The summed E-state index contributed by atoms with van der Waals surface area (Å²) >= 11 is 0. The highest BCUT2D eigenvalue weighted by atomic mass is 16.5. The number of urea groups is 1. The molecule has 1 fully saturated rings. The van der Waals surface area contributed by atoms with Crippen LogP contribution in [-0.2, 0) is 14.3 Å². The van der Waals surface area contributed by atoms with Gasteiger partial charge in [0, 0.05) is 12.5 Å². The summed E-state index contributed by atoms with van der Waals surface area (Å²) in [5, 5.41) is 4.71. The summed E-state index contributed by atoms with van der Waals surface area (Å²) in [7, 11) is 0. The summed E-state index contributed by atoms with van der Waals surface area (Å²) in [6.07, 6.45) is 2.39. The van der Waals surface area contributed by atoms with Crippen molar-refractivity contribution < 1.29 is 28.6 Å². The first-order valence-electron chi connectivity index (χ1n) is 8.69. The number of esters is 1. The number of para-hydroxylation sites is 2. The highest BCUT2D eigenvalue weighted by Gasteiger charge is 2.24. The molecule has 1 aromatic carbocycles. The molecule has 2 rings (SSSR count). The molecule has 8 heteroatoms. The molecule has 0 aromatic heterocycles. The van der Waals surface area contributed by atoms with Crippen LogP contribution in [0.2, 0.25) is 0 Å². The maximum absolute atomic E-state index is 11.6. The van der Waals surface area contributed by atoms with Crippen LogP contribution < -0.4 is 20.1 Å². The van der Waals surface area contributed by atoms with E-state index in [-0.39, 0.29) is 12.5 Å².